The Balaban J connectivity index is 1.13. The van der Waals surface area contributed by atoms with Crippen LogP contribution in [0, 0.1) is 0 Å². The van der Waals surface area contributed by atoms with E-state index in [0.717, 1.165) is 67.2 Å². The standard InChI is InChI=1S/C44H27ClN8/c45-42-41(50-39-9-1-2-10-40(39)51-42)33-20-19-32(43-48-25-21-37(52-43)30-15-11-28(12-16-30)35-7-3-5-23-46-35)27-34(33)44-49-26-22-38(53-44)31-17-13-29(14-18-31)36-8-4-6-24-47-36/h1-27H. The van der Waals surface area contributed by atoms with Crippen LogP contribution in [0.2, 0.25) is 5.15 Å². The number of halogens is 1. The smallest absolute Gasteiger partial charge is 0.160 e. The van der Waals surface area contributed by atoms with Crippen LogP contribution < -0.4 is 0 Å². The molecule has 0 radical (unpaired) electrons. The van der Waals surface area contributed by atoms with Crippen molar-refractivity contribution in [1.29, 1.82) is 0 Å². The molecule has 0 N–H and O–H groups in total. The summed E-state index contributed by atoms with van der Waals surface area (Å²) in [5.41, 5.74) is 11.6. The molecule has 0 spiro atoms. The van der Waals surface area contributed by atoms with E-state index in [-0.39, 0.29) is 5.15 Å². The average molecular weight is 703 g/mol. The quantitative estimate of drug-likeness (QED) is 0.162. The molecule has 0 fully saturated rings. The Bertz CT molecular complexity index is 2720. The second kappa shape index (κ2) is 13.9. The Morgan fingerprint density at radius 1 is 0.340 bits per heavy atom. The van der Waals surface area contributed by atoms with Crippen LogP contribution in [0.4, 0.5) is 0 Å². The average Bonchev–Trinajstić information content (AvgIpc) is 3.24. The number of hydrogen-bond donors (Lipinski definition) is 0. The molecular formula is C44H27ClN8. The SMILES string of the molecule is Clc1nc2ccccc2nc1-c1ccc(-c2nccc(-c3ccc(-c4ccccn4)cc3)n2)cc1-c1nccc(-c2ccc(-c3ccccn3)cc2)n1. The molecule has 250 valence electrons. The Hall–Kier alpha value is -7.03. The maximum Gasteiger partial charge on any atom is 0.160 e. The number of aromatic nitrogens is 8. The highest BCUT2D eigenvalue weighted by Crippen LogP contribution is 2.37. The summed E-state index contributed by atoms with van der Waals surface area (Å²) in [5.74, 6) is 1.06. The minimum Gasteiger partial charge on any atom is -0.256 e. The van der Waals surface area contributed by atoms with E-state index >= 15 is 0 Å². The molecule has 0 aliphatic heterocycles. The van der Waals surface area contributed by atoms with Crippen LogP contribution in [-0.2, 0) is 0 Å². The van der Waals surface area contributed by atoms with Crippen LogP contribution in [-0.4, -0.2) is 39.9 Å². The van der Waals surface area contributed by atoms with E-state index in [1.54, 1.807) is 24.8 Å². The van der Waals surface area contributed by atoms with Crippen molar-refractivity contribution >= 4 is 22.6 Å². The lowest BCUT2D eigenvalue weighted by Gasteiger charge is -2.13. The van der Waals surface area contributed by atoms with Gasteiger partial charge in [-0.3, -0.25) is 9.97 Å². The van der Waals surface area contributed by atoms with Gasteiger partial charge in [0.2, 0.25) is 0 Å². The van der Waals surface area contributed by atoms with Crippen molar-refractivity contribution in [2.45, 2.75) is 0 Å². The summed E-state index contributed by atoms with van der Waals surface area (Å²) in [6.07, 6.45) is 7.12. The zero-order valence-electron chi connectivity index (χ0n) is 28.0. The van der Waals surface area contributed by atoms with Gasteiger partial charge in [0.1, 0.15) is 5.69 Å². The van der Waals surface area contributed by atoms with Gasteiger partial charge in [-0.25, -0.2) is 29.9 Å². The zero-order valence-corrected chi connectivity index (χ0v) is 28.8. The van der Waals surface area contributed by atoms with Gasteiger partial charge in [0.15, 0.2) is 16.8 Å². The van der Waals surface area contributed by atoms with Crippen LogP contribution in [0.3, 0.4) is 0 Å². The van der Waals surface area contributed by atoms with Crippen LogP contribution in [0.5, 0.6) is 0 Å². The third-order valence-corrected chi connectivity index (χ3v) is 9.16. The molecule has 0 saturated carbocycles. The lowest BCUT2D eigenvalue weighted by molar-refractivity contribution is 1.16. The predicted molar refractivity (Wildman–Crippen MR) is 209 cm³/mol. The maximum atomic E-state index is 6.84. The molecule has 0 saturated heterocycles. The number of pyridine rings is 2. The first-order valence-corrected chi connectivity index (χ1v) is 17.3. The minimum absolute atomic E-state index is 0.284. The van der Waals surface area contributed by atoms with Crippen molar-refractivity contribution < 1.29 is 0 Å². The second-order valence-corrected chi connectivity index (χ2v) is 12.6. The number of rotatable bonds is 7. The summed E-state index contributed by atoms with van der Waals surface area (Å²) >= 11 is 6.84. The molecule has 4 aromatic carbocycles. The Morgan fingerprint density at radius 2 is 0.830 bits per heavy atom. The fraction of sp³-hybridized carbons (Fsp3) is 0. The van der Waals surface area contributed by atoms with Gasteiger partial charge < -0.3 is 0 Å². The van der Waals surface area contributed by atoms with Crippen molar-refractivity contribution in [2.75, 3.05) is 0 Å². The molecule has 53 heavy (non-hydrogen) atoms. The van der Waals surface area contributed by atoms with Crippen LogP contribution >= 0.6 is 11.6 Å². The molecule has 9 rings (SSSR count). The maximum absolute atomic E-state index is 6.84. The summed E-state index contributed by atoms with van der Waals surface area (Å²) in [6.45, 7) is 0. The minimum atomic E-state index is 0.284. The van der Waals surface area contributed by atoms with Gasteiger partial charge in [-0.05, 0) is 54.6 Å². The molecule has 0 atom stereocenters. The fourth-order valence-electron chi connectivity index (χ4n) is 6.22. The molecular weight excluding hydrogens is 676 g/mol. The number of nitrogens with zero attached hydrogens (tertiary/aromatic N) is 8. The number of para-hydroxylation sites is 2. The zero-order chi connectivity index (χ0) is 35.6. The summed E-state index contributed by atoms with van der Waals surface area (Å²) in [4.78, 5) is 38.0. The molecule has 5 aromatic heterocycles. The van der Waals surface area contributed by atoms with Crippen molar-refractivity contribution in [3.8, 4) is 79.1 Å². The number of benzene rings is 4. The molecule has 0 aliphatic rings. The van der Waals surface area contributed by atoms with Crippen LogP contribution in [0.1, 0.15) is 0 Å². The molecule has 9 aromatic rings. The van der Waals surface area contributed by atoms with Crippen molar-refractivity contribution in [3.63, 3.8) is 0 Å². The first kappa shape index (κ1) is 31.9. The van der Waals surface area contributed by atoms with Gasteiger partial charge in [-0.15, -0.1) is 0 Å². The Kier molecular flexibility index (Phi) is 8.40. The molecule has 5 heterocycles. The van der Waals surface area contributed by atoms with Gasteiger partial charge in [0.25, 0.3) is 0 Å². The first-order chi connectivity index (χ1) is 26.2. The van der Waals surface area contributed by atoms with E-state index in [0.29, 0.717) is 22.9 Å². The molecule has 0 unspecified atom stereocenters. The lowest BCUT2D eigenvalue weighted by atomic mass is 9.99. The van der Waals surface area contributed by atoms with Gasteiger partial charge in [-0.2, -0.15) is 0 Å². The van der Waals surface area contributed by atoms with E-state index < -0.39 is 0 Å². The number of hydrogen-bond acceptors (Lipinski definition) is 8. The second-order valence-electron chi connectivity index (χ2n) is 12.2. The fourth-order valence-corrected chi connectivity index (χ4v) is 6.46. The van der Waals surface area contributed by atoms with E-state index in [1.807, 2.05) is 127 Å². The third kappa shape index (κ3) is 6.51. The van der Waals surface area contributed by atoms with Gasteiger partial charge in [0, 0.05) is 63.7 Å². The lowest BCUT2D eigenvalue weighted by Crippen LogP contribution is -1.99. The van der Waals surface area contributed by atoms with Crippen molar-refractivity contribution in [2.24, 2.45) is 0 Å². The highest BCUT2D eigenvalue weighted by molar-refractivity contribution is 6.32. The topological polar surface area (TPSA) is 103 Å². The molecule has 0 amide bonds. The van der Waals surface area contributed by atoms with Gasteiger partial charge >= 0.3 is 0 Å². The predicted octanol–water partition coefficient (Wildman–Crippen LogP) is 10.3. The summed E-state index contributed by atoms with van der Waals surface area (Å²) in [7, 11) is 0. The molecule has 8 nitrogen and oxygen atoms in total. The van der Waals surface area contributed by atoms with E-state index in [1.165, 1.54) is 0 Å². The summed E-state index contributed by atoms with van der Waals surface area (Å²) < 4.78 is 0. The monoisotopic (exact) mass is 702 g/mol. The van der Waals surface area contributed by atoms with E-state index in [2.05, 4.69) is 32.1 Å². The van der Waals surface area contributed by atoms with Crippen LogP contribution in [0.15, 0.2) is 164 Å². The third-order valence-electron chi connectivity index (χ3n) is 8.90. The summed E-state index contributed by atoms with van der Waals surface area (Å²) in [6, 6.07) is 45.5. The van der Waals surface area contributed by atoms with Crippen LogP contribution in [0.25, 0.3) is 90.1 Å². The summed E-state index contributed by atoms with van der Waals surface area (Å²) in [5, 5.41) is 0.284. The molecule has 0 bridgehead atoms. The Morgan fingerprint density at radius 3 is 1.40 bits per heavy atom. The van der Waals surface area contributed by atoms with Crippen molar-refractivity contribution in [3.05, 3.63) is 169 Å². The van der Waals surface area contributed by atoms with E-state index in [9.17, 15) is 0 Å². The normalized spacial score (nSPS) is 11.1. The Labute approximate surface area is 310 Å². The molecule has 0 aliphatic carbocycles. The first-order valence-electron chi connectivity index (χ1n) is 16.9. The highest BCUT2D eigenvalue weighted by atomic mass is 35.5. The van der Waals surface area contributed by atoms with Gasteiger partial charge in [0.05, 0.1) is 33.8 Å². The largest absolute Gasteiger partial charge is 0.256 e. The number of fused-ring (bicyclic) bond motifs is 1. The highest BCUT2D eigenvalue weighted by Gasteiger charge is 2.19. The van der Waals surface area contributed by atoms with Crippen molar-refractivity contribution in [1.82, 2.24) is 39.9 Å². The van der Waals surface area contributed by atoms with Gasteiger partial charge in [-0.1, -0.05) is 96.5 Å². The molecule has 9 heteroatoms. The van der Waals surface area contributed by atoms with E-state index in [4.69, 9.17) is 31.5 Å².